The topological polar surface area (TPSA) is 58.5 Å². The number of nitrogens with one attached hydrogen (secondary N) is 2. The van der Waals surface area contributed by atoms with Crippen LogP contribution in [0.15, 0.2) is 28.6 Å². The average Bonchev–Trinajstić information content (AvgIpc) is 3.06. The Hall–Kier alpha value is -2.08. The summed E-state index contributed by atoms with van der Waals surface area (Å²) in [4.78, 5) is 8.79. The molecule has 142 valence electrons. The largest absolute Gasteiger partial charge is 0.496 e. The number of nitrogens with zero attached hydrogens (tertiary/aromatic N) is 2. The Bertz CT molecular complexity index is 712. The van der Waals surface area contributed by atoms with Crippen LogP contribution >= 0.6 is 11.3 Å². The Kier molecular flexibility index (Phi) is 8.41. The van der Waals surface area contributed by atoms with Gasteiger partial charge in [-0.25, -0.2) is 4.98 Å². The fourth-order valence-electron chi connectivity index (χ4n) is 2.69. The van der Waals surface area contributed by atoms with Crippen molar-refractivity contribution in [1.82, 2.24) is 15.6 Å². The van der Waals surface area contributed by atoms with Crippen LogP contribution < -0.4 is 15.4 Å². The molecule has 0 atom stereocenters. The van der Waals surface area contributed by atoms with Gasteiger partial charge in [-0.1, -0.05) is 12.1 Å². The van der Waals surface area contributed by atoms with Crippen molar-refractivity contribution < 1.29 is 4.74 Å². The van der Waals surface area contributed by atoms with Crippen LogP contribution in [0.2, 0.25) is 0 Å². The number of methoxy groups -OCH3 is 1. The first-order valence-electron chi connectivity index (χ1n) is 9.11. The number of guanidine groups is 1. The van der Waals surface area contributed by atoms with E-state index in [1.54, 1.807) is 18.4 Å². The minimum Gasteiger partial charge on any atom is -0.496 e. The lowest BCUT2D eigenvalue weighted by Crippen LogP contribution is -2.38. The van der Waals surface area contributed by atoms with Crippen molar-refractivity contribution in [2.45, 2.75) is 39.5 Å². The van der Waals surface area contributed by atoms with Crippen molar-refractivity contribution in [3.63, 3.8) is 0 Å². The average molecular weight is 375 g/mol. The van der Waals surface area contributed by atoms with E-state index in [1.165, 1.54) is 10.6 Å². The SMILES string of the molecule is CN=C(NCCCCc1nc(C)cs1)NCCc1ccc(C)c(OC)c1. The zero-order valence-corrected chi connectivity index (χ0v) is 17.1. The molecule has 0 saturated heterocycles. The molecule has 0 unspecified atom stereocenters. The van der Waals surface area contributed by atoms with Crippen LogP contribution in [0.25, 0.3) is 0 Å². The zero-order chi connectivity index (χ0) is 18.8. The number of thiazole rings is 1. The smallest absolute Gasteiger partial charge is 0.190 e. The molecule has 1 aromatic carbocycles. The molecule has 1 aromatic heterocycles. The molecule has 0 saturated carbocycles. The molecule has 26 heavy (non-hydrogen) atoms. The molecule has 6 heteroatoms. The molecule has 0 aliphatic heterocycles. The quantitative estimate of drug-likeness (QED) is 0.401. The second-order valence-corrected chi connectivity index (χ2v) is 7.26. The minimum atomic E-state index is 0.838. The first-order valence-corrected chi connectivity index (χ1v) is 9.99. The predicted molar refractivity (Wildman–Crippen MR) is 111 cm³/mol. The molecular formula is C20H30N4OS. The highest BCUT2D eigenvalue weighted by Gasteiger charge is 2.02. The highest BCUT2D eigenvalue weighted by atomic mass is 32.1. The van der Waals surface area contributed by atoms with Crippen molar-refractivity contribution in [3.05, 3.63) is 45.4 Å². The molecule has 2 rings (SSSR count). The summed E-state index contributed by atoms with van der Waals surface area (Å²) < 4.78 is 5.38. The third-order valence-electron chi connectivity index (χ3n) is 4.18. The van der Waals surface area contributed by atoms with Gasteiger partial charge < -0.3 is 15.4 Å². The first kappa shape index (κ1) is 20.2. The van der Waals surface area contributed by atoms with E-state index in [2.05, 4.69) is 51.1 Å². The summed E-state index contributed by atoms with van der Waals surface area (Å²) in [5, 5.41) is 10.1. The summed E-state index contributed by atoms with van der Waals surface area (Å²) in [6, 6.07) is 6.36. The van der Waals surface area contributed by atoms with Gasteiger partial charge in [-0.3, -0.25) is 4.99 Å². The van der Waals surface area contributed by atoms with E-state index in [4.69, 9.17) is 4.74 Å². The number of aryl methyl sites for hydroxylation is 3. The van der Waals surface area contributed by atoms with Gasteiger partial charge >= 0.3 is 0 Å². The molecule has 0 bridgehead atoms. The van der Waals surface area contributed by atoms with E-state index in [1.807, 2.05) is 14.0 Å². The standard InChI is InChI=1S/C20H30N4OS/c1-15-8-9-17(13-18(15)25-4)10-12-23-20(21-3)22-11-6-5-7-19-24-16(2)14-26-19/h8-9,13-14H,5-7,10-12H2,1-4H3,(H2,21,22,23). The Morgan fingerprint density at radius 1 is 1.15 bits per heavy atom. The lowest BCUT2D eigenvalue weighted by molar-refractivity contribution is 0.411. The maximum Gasteiger partial charge on any atom is 0.190 e. The maximum atomic E-state index is 5.38. The van der Waals surface area contributed by atoms with Crippen LogP contribution in [-0.4, -0.2) is 38.2 Å². The number of unbranched alkanes of at least 4 members (excludes halogenated alkanes) is 1. The van der Waals surface area contributed by atoms with Gasteiger partial charge in [0.05, 0.1) is 12.1 Å². The fraction of sp³-hybridized carbons (Fsp3) is 0.500. The van der Waals surface area contributed by atoms with E-state index in [0.717, 1.165) is 61.7 Å². The summed E-state index contributed by atoms with van der Waals surface area (Å²) in [6.07, 6.45) is 4.23. The summed E-state index contributed by atoms with van der Waals surface area (Å²) in [7, 11) is 3.52. The normalized spacial score (nSPS) is 11.5. The van der Waals surface area contributed by atoms with Crippen molar-refractivity contribution in [1.29, 1.82) is 0 Å². The van der Waals surface area contributed by atoms with E-state index < -0.39 is 0 Å². The van der Waals surface area contributed by atoms with Gasteiger partial charge in [0.2, 0.25) is 0 Å². The van der Waals surface area contributed by atoms with Crippen LogP contribution in [0, 0.1) is 13.8 Å². The van der Waals surface area contributed by atoms with Crippen molar-refractivity contribution in [2.75, 3.05) is 27.2 Å². The predicted octanol–water partition coefficient (Wildman–Crippen LogP) is 3.50. The Morgan fingerprint density at radius 3 is 2.65 bits per heavy atom. The number of aliphatic imine (C=N–C) groups is 1. The lowest BCUT2D eigenvalue weighted by atomic mass is 10.1. The van der Waals surface area contributed by atoms with Gasteiger partial charge in [0.25, 0.3) is 0 Å². The third-order valence-corrected chi connectivity index (χ3v) is 5.21. The summed E-state index contributed by atoms with van der Waals surface area (Å²) in [6.45, 7) is 5.86. The number of aromatic nitrogens is 1. The van der Waals surface area contributed by atoms with Crippen LogP contribution in [-0.2, 0) is 12.8 Å². The Morgan fingerprint density at radius 2 is 1.96 bits per heavy atom. The van der Waals surface area contributed by atoms with Crippen molar-refractivity contribution >= 4 is 17.3 Å². The fourth-order valence-corrected chi connectivity index (χ4v) is 3.51. The molecule has 0 radical (unpaired) electrons. The monoisotopic (exact) mass is 374 g/mol. The number of rotatable bonds is 9. The lowest BCUT2D eigenvalue weighted by Gasteiger charge is -2.12. The molecule has 1 heterocycles. The molecular weight excluding hydrogens is 344 g/mol. The number of benzene rings is 1. The van der Waals surface area contributed by atoms with Crippen LogP contribution in [0.4, 0.5) is 0 Å². The van der Waals surface area contributed by atoms with Crippen LogP contribution in [0.1, 0.15) is 34.7 Å². The van der Waals surface area contributed by atoms with E-state index in [9.17, 15) is 0 Å². The summed E-state index contributed by atoms with van der Waals surface area (Å²) in [5.41, 5.74) is 3.54. The number of ether oxygens (including phenoxy) is 1. The summed E-state index contributed by atoms with van der Waals surface area (Å²) >= 11 is 1.75. The van der Waals surface area contributed by atoms with Gasteiger partial charge in [0.15, 0.2) is 5.96 Å². The highest BCUT2D eigenvalue weighted by molar-refractivity contribution is 7.09. The number of hydrogen-bond acceptors (Lipinski definition) is 4. The highest BCUT2D eigenvalue weighted by Crippen LogP contribution is 2.19. The van der Waals surface area contributed by atoms with E-state index in [0.29, 0.717) is 0 Å². The van der Waals surface area contributed by atoms with Crippen LogP contribution in [0.3, 0.4) is 0 Å². The maximum absolute atomic E-state index is 5.38. The molecule has 0 fully saturated rings. The summed E-state index contributed by atoms with van der Waals surface area (Å²) in [5.74, 6) is 1.80. The second kappa shape index (κ2) is 10.8. The molecule has 5 nitrogen and oxygen atoms in total. The van der Waals surface area contributed by atoms with Gasteiger partial charge in [-0.05, 0) is 56.7 Å². The Labute approximate surface area is 160 Å². The van der Waals surface area contributed by atoms with Gasteiger partial charge in [0, 0.05) is 31.2 Å². The second-order valence-electron chi connectivity index (χ2n) is 6.32. The number of hydrogen-bond donors (Lipinski definition) is 2. The zero-order valence-electron chi connectivity index (χ0n) is 16.3. The third kappa shape index (κ3) is 6.67. The minimum absolute atomic E-state index is 0.838. The molecule has 2 aromatic rings. The van der Waals surface area contributed by atoms with Crippen LogP contribution in [0.5, 0.6) is 5.75 Å². The molecule has 2 N–H and O–H groups in total. The molecule has 0 amide bonds. The molecule has 0 spiro atoms. The molecule has 0 aliphatic rings. The van der Waals surface area contributed by atoms with Gasteiger partial charge in [0.1, 0.15) is 5.75 Å². The van der Waals surface area contributed by atoms with Gasteiger partial charge in [-0.15, -0.1) is 11.3 Å². The van der Waals surface area contributed by atoms with E-state index >= 15 is 0 Å². The van der Waals surface area contributed by atoms with Crippen molar-refractivity contribution in [2.24, 2.45) is 4.99 Å². The first-order chi connectivity index (χ1) is 12.6. The van der Waals surface area contributed by atoms with E-state index in [-0.39, 0.29) is 0 Å². The Balaban J connectivity index is 1.63. The molecule has 0 aliphatic carbocycles. The van der Waals surface area contributed by atoms with Gasteiger partial charge in [-0.2, -0.15) is 0 Å². The van der Waals surface area contributed by atoms with Crippen molar-refractivity contribution in [3.8, 4) is 5.75 Å².